The van der Waals surface area contributed by atoms with Gasteiger partial charge in [-0.25, -0.2) is 0 Å². The molecule has 0 aliphatic heterocycles. The zero-order chi connectivity index (χ0) is 12.1. The molecule has 0 bridgehead atoms. The van der Waals surface area contributed by atoms with E-state index in [4.69, 9.17) is 5.73 Å². The molecular formula is C12H30N4. The molecule has 16 heavy (non-hydrogen) atoms. The maximum atomic E-state index is 5.89. The zero-order valence-electron chi connectivity index (χ0n) is 11.0. The summed E-state index contributed by atoms with van der Waals surface area (Å²) in [6.45, 7) is 9.68. The Morgan fingerprint density at radius 2 is 1.62 bits per heavy atom. The van der Waals surface area contributed by atoms with Crippen LogP contribution in [0.2, 0.25) is 0 Å². The van der Waals surface area contributed by atoms with Crippen molar-refractivity contribution in [2.45, 2.75) is 45.7 Å². The Morgan fingerprint density at radius 1 is 0.938 bits per heavy atom. The van der Waals surface area contributed by atoms with Crippen molar-refractivity contribution in [3.8, 4) is 0 Å². The van der Waals surface area contributed by atoms with Gasteiger partial charge in [-0.05, 0) is 58.4 Å². The van der Waals surface area contributed by atoms with E-state index < -0.39 is 0 Å². The second-order valence-electron chi connectivity index (χ2n) is 4.16. The molecule has 4 nitrogen and oxygen atoms in total. The largest absolute Gasteiger partial charge is 0.317 e. The molecular weight excluding hydrogens is 200 g/mol. The molecule has 0 aromatic rings. The minimum absolute atomic E-state index is 0.170. The van der Waals surface area contributed by atoms with Crippen molar-refractivity contribution in [2.24, 2.45) is 5.73 Å². The first-order chi connectivity index (χ1) is 7.81. The fraction of sp³-hybridized carbons (Fsp3) is 1.00. The number of rotatable bonds is 12. The zero-order valence-corrected chi connectivity index (χ0v) is 11.0. The van der Waals surface area contributed by atoms with E-state index in [0.29, 0.717) is 0 Å². The molecule has 0 aliphatic carbocycles. The van der Waals surface area contributed by atoms with Gasteiger partial charge in [0.1, 0.15) is 0 Å². The van der Waals surface area contributed by atoms with Gasteiger partial charge in [0, 0.05) is 0 Å². The van der Waals surface area contributed by atoms with E-state index >= 15 is 0 Å². The lowest BCUT2D eigenvalue weighted by atomic mass is 10.2. The summed E-state index contributed by atoms with van der Waals surface area (Å²) in [6, 6.07) is 0. The summed E-state index contributed by atoms with van der Waals surface area (Å²) in [5.74, 6) is 0. The first-order valence-electron chi connectivity index (χ1n) is 6.71. The second-order valence-corrected chi connectivity index (χ2v) is 4.16. The van der Waals surface area contributed by atoms with Crippen LogP contribution in [0.25, 0.3) is 0 Å². The Balaban J connectivity index is 3.02. The van der Waals surface area contributed by atoms with E-state index in [1.165, 1.54) is 6.42 Å². The fourth-order valence-corrected chi connectivity index (χ4v) is 1.52. The lowest BCUT2D eigenvalue weighted by Crippen LogP contribution is -2.38. The third-order valence-corrected chi connectivity index (χ3v) is 2.48. The topological polar surface area (TPSA) is 62.1 Å². The van der Waals surface area contributed by atoms with Crippen molar-refractivity contribution in [1.82, 2.24) is 16.0 Å². The van der Waals surface area contributed by atoms with E-state index in [9.17, 15) is 0 Å². The number of hydrogen-bond acceptors (Lipinski definition) is 4. The summed E-state index contributed by atoms with van der Waals surface area (Å²) in [4.78, 5) is 0. The minimum Gasteiger partial charge on any atom is -0.317 e. The van der Waals surface area contributed by atoms with Gasteiger partial charge in [-0.2, -0.15) is 0 Å². The Labute approximate surface area is 101 Å². The van der Waals surface area contributed by atoms with Crippen molar-refractivity contribution >= 4 is 0 Å². The highest BCUT2D eigenvalue weighted by molar-refractivity contribution is 4.60. The molecule has 5 N–H and O–H groups in total. The molecule has 0 spiro atoms. The first-order valence-corrected chi connectivity index (χ1v) is 6.71. The molecule has 1 atom stereocenters. The molecule has 0 aromatic carbocycles. The summed E-state index contributed by atoms with van der Waals surface area (Å²) >= 11 is 0. The van der Waals surface area contributed by atoms with Gasteiger partial charge in [0.15, 0.2) is 0 Å². The number of nitrogens with two attached hydrogens (primary N) is 1. The molecule has 0 amide bonds. The van der Waals surface area contributed by atoms with Gasteiger partial charge < -0.3 is 21.7 Å². The molecule has 0 radical (unpaired) electrons. The summed E-state index contributed by atoms with van der Waals surface area (Å²) < 4.78 is 0. The van der Waals surface area contributed by atoms with Crippen LogP contribution in [0.15, 0.2) is 0 Å². The summed E-state index contributed by atoms with van der Waals surface area (Å²) in [5, 5.41) is 10.0. The smallest absolute Gasteiger partial charge is 0.0546 e. The highest BCUT2D eigenvalue weighted by Gasteiger charge is 1.99. The van der Waals surface area contributed by atoms with Crippen molar-refractivity contribution in [2.75, 3.05) is 32.7 Å². The fourth-order valence-electron chi connectivity index (χ4n) is 1.52. The van der Waals surface area contributed by atoms with Gasteiger partial charge in [0.05, 0.1) is 6.17 Å². The monoisotopic (exact) mass is 230 g/mol. The highest BCUT2D eigenvalue weighted by atomic mass is 15.0. The van der Waals surface area contributed by atoms with Crippen LogP contribution in [-0.4, -0.2) is 38.9 Å². The predicted octanol–water partition coefficient (Wildman–Crippen LogP) is 0.640. The molecule has 0 aliphatic rings. The lowest BCUT2D eigenvalue weighted by molar-refractivity contribution is 0.468. The molecule has 0 fully saturated rings. The molecule has 0 saturated carbocycles. The molecule has 0 aromatic heterocycles. The number of hydrogen-bond donors (Lipinski definition) is 4. The van der Waals surface area contributed by atoms with Crippen LogP contribution in [-0.2, 0) is 0 Å². The minimum atomic E-state index is 0.170. The van der Waals surface area contributed by atoms with E-state index in [0.717, 1.165) is 52.0 Å². The SMILES string of the molecule is CCCNC(N)CCCNCCCNCC. The molecule has 1 unspecified atom stereocenters. The molecule has 4 heteroatoms. The quantitative estimate of drug-likeness (QED) is 0.293. The van der Waals surface area contributed by atoms with Crippen molar-refractivity contribution < 1.29 is 0 Å². The summed E-state index contributed by atoms with van der Waals surface area (Å²) in [6.07, 6.45) is 4.73. The van der Waals surface area contributed by atoms with Crippen molar-refractivity contribution in [3.05, 3.63) is 0 Å². The Bertz CT molecular complexity index is 130. The van der Waals surface area contributed by atoms with E-state index in [-0.39, 0.29) is 6.17 Å². The Kier molecular flexibility index (Phi) is 12.8. The van der Waals surface area contributed by atoms with Gasteiger partial charge in [-0.3, -0.25) is 0 Å². The van der Waals surface area contributed by atoms with Gasteiger partial charge in [-0.15, -0.1) is 0 Å². The third kappa shape index (κ3) is 11.9. The van der Waals surface area contributed by atoms with Crippen LogP contribution in [0.3, 0.4) is 0 Å². The van der Waals surface area contributed by atoms with Crippen LogP contribution in [0.1, 0.15) is 39.5 Å². The number of nitrogens with one attached hydrogen (secondary N) is 3. The van der Waals surface area contributed by atoms with Gasteiger partial charge in [0.2, 0.25) is 0 Å². The second kappa shape index (κ2) is 12.9. The van der Waals surface area contributed by atoms with Crippen LogP contribution in [0.4, 0.5) is 0 Å². The Hall–Kier alpha value is -0.160. The predicted molar refractivity (Wildman–Crippen MR) is 71.5 cm³/mol. The van der Waals surface area contributed by atoms with E-state index in [2.05, 4.69) is 29.8 Å². The first kappa shape index (κ1) is 15.8. The van der Waals surface area contributed by atoms with Gasteiger partial charge in [0.25, 0.3) is 0 Å². The average molecular weight is 230 g/mol. The van der Waals surface area contributed by atoms with Crippen molar-refractivity contribution in [3.63, 3.8) is 0 Å². The van der Waals surface area contributed by atoms with Crippen LogP contribution in [0, 0.1) is 0 Å². The van der Waals surface area contributed by atoms with E-state index in [1.54, 1.807) is 0 Å². The summed E-state index contributed by atoms with van der Waals surface area (Å²) in [7, 11) is 0. The van der Waals surface area contributed by atoms with Gasteiger partial charge >= 0.3 is 0 Å². The van der Waals surface area contributed by atoms with Gasteiger partial charge in [-0.1, -0.05) is 13.8 Å². The highest BCUT2D eigenvalue weighted by Crippen LogP contribution is 1.90. The van der Waals surface area contributed by atoms with Crippen LogP contribution < -0.4 is 21.7 Å². The standard InChI is InChI=1S/C12H30N4/c1-3-8-16-12(13)7-5-9-15-11-6-10-14-4-2/h12,14-16H,3-11,13H2,1-2H3. The normalized spacial score (nSPS) is 12.9. The average Bonchev–Trinajstić information content (AvgIpc) is 2.30. The van der Waals surface area contributed by atoms with Crippen molar-refractivity contribution in [1.29, 1.82) is 0 Å². The summed E-state index contributed by atoms with van der Waals surface area (Å²) in [5.41, 5.74) is 5.89. The molecule has 0 saturated heterocycles. The van der Waals surface area contributed by atoms with Crippen LogP contribution >= 0.6 is 0 Å². The molecule has 98 valence electrons. The lowest BCUT2D eigenvalue weighted by Gasteiger charge is -2.13. The molecule has 0 rings (SSSR count). The van der Waals surface area contributed by atoms with Crippen LogP contribution in [0.5, 0.6) is 0 Å². The third-order valence-electron chi connectivity index (χ3n) is 2.48. The molecule has 0 heterocycles. The maximum Gasteiger partial charge on any atom is 0.0546 e. The maximum absolute atomic E-state index is 5.89. The Morgan fingerprint density at radius 3 is 2.31 bits per heavy atom. The van der Waals surface area contributed by atoms with E-state index in [1.807, 2.05) is 0 Å².